The number of rotatable bonds is 11. The van der Waals surface area contributed by atoms with Crippen LogP contribution in [0.5, 0.6) is 23.0 Å². The number of nitrogens with zero attached hydrogens (tertiary/aromatic N) is 1. The molecule has 0 spiro atoms. The zero-order valence-corrected chi connectivity index (χ0v) is 24.2. The largest absolute Gasteiger partial charge is 0.493 e. The van der Waals surface area contributed by atoms with Gasteiger partial charge in [0, 0.05) is 0 Å². The number of carbonyl (C=O) groups excluding carboxylic acids is 2. The maximum atomic E-state index is 13.0. The Labute approximate surface area is 238 Å². The minimum atomic E-state index is -4.12. The van der Waals surface area contributed by atoms with E-state index in [0.717, 1.165) is 16.7 Å². The van der Waals surface area contributed by atoms with Gasteiger partial charge in [-0.1, -0.05) is 30.3 Å². The fourth-order valence-electron chi connectivity index (χ4n) is 3.59. The van der Waals surface area contributed by atoms with Gasteiger partial charge in [0.05, 0.1) is 29.6 Å². The van der Waals surface area contributed by atoms with Crippen molar-refractivity contribution in [3.05, 3.63) is 81.7 Å². The molecule has 39 heavy (non-hydrogen) atoms. The predicted octanol–water partition coefficient (Wildman–Crippen LogP) is 5.74. The molecule has 1 heterocycles. The molecule has 4 rings (SSSR count). The van der Waals surface area contributed by atoms with E-state index < -0.39 is 21.3 Å². The number of benzene rings is 3. The number of carbonyl (C=O) groups is 2. The van der Waals surface area contributed by atoms with Crippen LogP contribution in [0, 0.1) is 0 Å². The lowest BCUT2D eigenvalue weighted by molar-refractivity contribution is -0.123. The minimum absolute atomic E-state index is 0.00760. The average molecular weight is 635 g/mol. The number of halogens is 1. The van der Waals surface area contributed by atoms with Crippen LogP contribution in [0.2, 0.25) is 0 Å². The number of hydrogen-bond donors (Lipinski definition) is 0. The molecule has 1 aliphatic rings. The Morgan fingerprint density at radius 2 is 1.64 bits per heavy atom. The Balaban J connectivity index is 1.52. The second kappa shape index (κ2) is 12.6. The summed E-state index contributed by atoms with van der Waals surface area (Å²) >= 11 is 4.16. The van der Waals surface area contributed by atoms with Crippen molar-refractivity contribution in [3.8, 4) is 23.0 Å². The zero-order chi connectivity index (χ0) is 28.0. The van der Waals surface area contributed by atoms with E-state index in [-0.39, 0.29) is 41.1 Å². The fraction of sp³-hybridized carbons (Fsp3) is 0.185. The van der Waals surface area contributed by atoms with Gasteiger partial charge in [-0.15, -0.1) is 0 Å². The smallest absolute Gasteiger partial charge is 0.339 e. The summed E-state index contributed by atoms with van der Waals surface area (Å²) in [4.78, 5) is 26.8. The van der Waals surface area contributed by atoms with Gasteiger partial charge in [0.15, 0.2) is 23.0 Å². The molecule has 1 saturated heterocycles. The number of methoxy groups -OCH3 is 1. The van der Waals surface area contributed by atoms with Crippen molar-refractivity contribution in [1.82, 2.24) is 4.90 Å². The van der Waals surface area contributed by atoms with Crippen LogP contribution in [0.3, 0.4) is 0 Å². The SMILES string of the molecule is CCOc1cc(/C=C2\SC(=O)N(CCOc3ccccc3OC)C2=O)cc(Br)c1OS(=O)(=O)c1ccccc1. The van der Waals surface area contributed by atoms with E-state index in [1.54, 1.807) is 55.5 Å². The summed E-state index contributed by atoms with van der Waals surface area (Å²) < 4.78 is 47.9. The van der Waals surface area contributed by atoms with Gasteiger partial charge in [-0.25, -0.2) is 0 Å². The molecule has 0 atom stereocenters. The molecule has 12 heteroatoms. The first-order valence-corrected chi connectivity index (χ1v) is 14.7. The maximum Gasteiger partial charge on any atom is 0.339 e. The van der Waals surface area contributed by atoms with Crippen LogP contribution >= 0.6 is 27.7 Å². The summed E-state index contributed by atoms with van der Waals surface area (Å²) in [6.45, 7) is 2.13. The summed E-state index contributed by atoms with van der Waals surface area (Å²) in [6, 6.07) is 17.9. The molecular formula is C27H24BrNO8S2. The van der Waals surface area contributed by atoms with Gasteiger partial charge in [0.2, 0.25) is 0 Å². The van der Waals surface area contributed by atoms with Crippen LogP contribution in [-0.2, 0) is 14.9 Å². The van der Waals surface area contributed by atoms with Gasteiger partial charge in [-0.05, 0) is 82.7 Å². The van der Waals surface area contributed by atoms with Crippen LogP contribution in [0.25, 0.3) is 6.08 Å². The van der Waals surface area contributed by atoms with E-state index in [1.807, 2.05) is 6.07 Å². The Hall–Kier alpha value is -3.48. The molecule has 1 aliphatic heterocycles. The van der Waals surface area contributed by atoms with Gasteiger partial charge in [-0.3, -0.25) is 14.5 Å². The summed E-state index contributed by atoms with van der Waals surface area (Å²) in [5, 5.41) is -0.423. The van der Waals surface area contributed by atoms with Crippen molar-refractivity contribution in [1.29, 1.82) is 0 Å². The normalized spacial score (nSPS) is 14.5. The first-order valence-electron chi connectivity index (χ1n) is 11.7. The quantitative estimate of drug-likeness (QED) is 0.193. The highest BCUT2D eigenvalue weighted by Crippen LogP contribution is 2.40. The lowest BCUT2D eigenvalue weighted by atomic mass is 10.2. The average Bonchev–Trinajstić information content (AvgIpc) is 3.19. The van der Waals surface area contributed by atoms with Gasteiger partial charge < -0.3 is 18.4 Å². The Morgan fingerprint density at radius 3 is 2.33 bits per heavy atom. The molecule has 0 radical (unpaired) electrons. The van der Waals surface area contributed by atoms with Crippen molar-refractivity contribution in [2.75, 3.05) is 26.9 Å². The summed E-state index contributed by atoms with van der Waals surface area (Å²) in [6.07, 6.45) is 1.54. The zero-order valence-electron chi connectivity index (χ0n) is 21.0. The number of amides is 2. The highest BCUT2D eigenvalue weighted by Gasteiger charge is 2.35. The third-order valence-corrected chi connectivity index (χ3v) is 8.10. The van der Waals surface area contributed by atoms with Crippen LogP contribution in [0.4, 0.5) is 4.79 Å². The van der Waals surface area contributed by atoms with E-state index in [2.05, 4.69) is 15.9 Å². The van der Waals surface area contributed by atoms with Crippen LogP contribution < -0.4 is 18.4 Å². The van der Waals surface area contributed by atoms with E-state index in [1.165, 1.54) is 25.3 Å². The molecule has 0 N–H and O–H groups in total. The van der Waals surface area contributed by atoms with Crippen LogP contribution in [0.1, 0.15) is 12.5 Å². The fourth-order valence-corrected chi connectivity index (χ4v) is 6.08. The van der Waals surface area contributed by atoms with E-state index in [4.69, 9.17) is 18.4 Å². The van der Waals surface area contributed by atoms with Gasteiger partial charge in [0.1, 0.15) is 11.5 Å². The number of hydrogen-bond acceptors (Lipinski definition) is 9. The highest BCUT2D eigenvalue weighted by atomic mass is 79.9. The Bertz CT molecular complexity index is 1510. The molecule has 204 valence electrons. The molecule has 0 aliphatic carbocycles. The van der Waals surface area contributed by atoms with E-state index in [0.29, 0.717) is 21.5 Å². The molecule has 3 aromatic carbocycles. The number of imide groups is 1. The number of thioether (sulfide) groups is 1. The second-order valence-electron chi connectivity index (χ2n) is 7.95. The minimum Gasteiger partial charge on any atom is -0.493 e. The van der Waals surface area contributed by atoms with Crippen molar-refractivity contribution >= 4 is 55.0 Å². The highest BCUT2D eigenvalue weighted by molar-refractivity contribution is 9.10. The summed E-state index contributed by atoms with van der Waals surface area (Å²) in [7, 11) is -2.60. The molecule has 1 fully saturated rings. The first kappa shape index (κ1) is 28.5. The third-order valence-electron chi connectivity index (χ3n) is 5.37. The van der Waals surface area contributed by atoms with Gasteiger partial charge in [0.25, 0.3) is 11.1 Å². The molecule has 0 saturated carbocycles. The molecule has 9 nitrogen and oxygen atoms in total. The van der Waals surface area contributed by atoms with Crippen molar-refractivity contribution in [3.63, 3.8) is 0 Å². The second-order valence-corrected chi connectivity index (χ2v) is 11.3. The molecule has 3 aromatic rings. The molecule has 0 unspecified atom stereocenters. The lowest BCUT2D eigenvalue weighted by Crippen LogP contribution is -2.32. The summed E-state index contributed by atoms with van der Waals surface area (Å²) in [5.74, 6) is 0.717. The lowest BCUT2D eigenvalue weighted by Gasteiger charge is -2.15. The maximum absolute atomic E-state index is 13.0. The van der Waals surface area contributed by atoms with Gasteiger partial charge in [-0.2, -0.15) is 8.42 Å². The monoisotopic (exact) mass is 633 g/mol. The van der Waals surface area contributed by atoms with Crippen molar-refractivity contribution < 1.29 is 36.4 Å². The van der Waals surface area contributed by atoms with Gasteiger partial charge >= 0.3 is 10.1 Å². The third kappa shape index (κ3) is 6.75. The van der Waals surface area contributed by atoms with Crippen LogP contribution in [-0.4, -0.2) is 51.3 Å². The number of para-hydroxylation sites is 2. The topological polar surface area (TPSA) is 108 Å². The van der Waals surface area contributed by atoms with Crippen molar-refractivity contribution in [2.45, 2.75) is 11.8 Å². The molecular weight excluding hydrogens is 610 g/mol. The standard InChI is InChI=1S/C27H24BrNO8S2/c1-3-35-23-16-18(15-20(28)25(23)37-39(32,33)19-9-5-4-6-10-19)17-24-26(30)29(27(31)38-24)13-14-36-22-12-8-7-11-21(22)34-2/h4-12,15-17H,3,13-14H2,1-2H3/b24-17-. The van der Waals surface area contributed by atoms with Crippen LogP contribution in [0.15, 0.2) is 81.0 Å². The van der Waals surface area contributed by atoms with E-state index in [9.17, 15) is 18.0 Å². The van der Waals surface area contributed by atoms with E-state index >= 15 is 0 Å². The first-order chi connectivity index (χ1) is 18.7. The molecule has 0 aromatic heterocycles. The van der Waals surface area contributed by atoms with Crippen molar-refractivity contribution in [2.24, 2.45) is 0 Å². The number of ether oxygens (including phenoxy) is 3. The molecule has 2 amide bonds. The molecule has 0 bridgehead atoms. The summed E-state index contributed by atoms with van der Waals surface area (Å²) in [5.41, 5.74) is 0.505. The Kier molecular flexibility index (Phi) is 9.20. The predicted molar refractivity (Wildman–Crippen MR) is 151 cm³/mol. The Morgan fingerprint density at radius 1 is 0.949 bits per heavy atom.